The fourth-order valence-electron chi connectivity index (χ4n) is 2.18. The average Bonchev–Trinajstić information content (AvgIpc) is 2.53. The van der Waals surface area contributed by atoms with Crippen molar-refractivity contribution in [2.75, 3.05) is 7.11 Å². The number of amides is 2. The standard InChI is InChI=1S/C17H16F2N2O3/c1-24-14-4-2-3-10(5-14)6-15(16(20)22)21-17(23)11-7-12(18)9-13(19)8-11/h2-5,7-9,15H,6H2,1H3,(H2,20,22)(H,21,23)/t15-/m0/s1. The van der Waals surface area contributed by atoms with Crippen molar-refractivity contribution in [3.05, 3.63) is 65.2 Å². The topological polar surface area (TPSA) is 81.4 Å². The lowest BCUT2D eigenvalue weighted by molar-refractivity contribution is -0.119. The molecule has 2 aromatic rings. The van der Waals surface area contributed by atoms with Crippen LogP contribution in [0, 0.1) is 11.6 Å². The fourth-order valence-corrected chi connectivity index (χ4v) is 2.18. The number of hydrogen-bond acceptors (Lipinski definition) is 3. The third kappa shape index (κ3) is 4.52. The summed E-state index contributed by atoms with van der Waals surface area (Å²) in [5.74, 6) is -2.73. The van der Waals surface area contributed by atoms with Gasteiger partial charge in [-0.3, -0.25) is 9.59 Å². The van der Waals surface area contributed by atoms with Gasteiger partial charge in [-0.05, 0) is 29.8 Å². The molecule has 24 heavy (non-hydrogen) atoms. The third-order valence-corrected chi connectivity index (χ3v) is 3.35. The molecule has 0 spiro atoms. The first-order valence-electron chi connectivity index (χ1n) is 7.08. The van der Waals surface area contributed by atoms with E-state index in [9.17, 15) is 18.4 Å². The zero-order valence-corrected chi connectivity index (χ0v) is 12.9. The normalized spacial score (nSPS) is 11.6. The predicted molar refractivity (Wildman–Crippen MR) is 83.5 cm³/mol. The summed E-state index contributed by atoms with van der Waals surface area (Å²) in [4.78, 5) is 23.7. The summed E-state index contributed by atoms with van der Waals surface area (Å²) in [5, 5.41) is 2.39. The molecule has 126 valence electrons. The average molecular weight is 334 g/mol. The molecule has 0 heterocycles. The van der Waals surface area contributed by atoms with Crippen molar-refractivity contribution in [3.63, 3.8) is 0 Å². The van der Waals surface area contributed by atoms with Gasteiger partial charge in [0.05, 0.1) is 7.11 Å². The molecule has 5 nitrogen and oxygen atoms in total. The molecule has 2 amide bonds. The molecule has 0 unspecified atom stereocenters. The monoisotopic (exact) mass is 334 g/mol. The van der Waals surface area contributed by atoms with Crippen LogP contribution in [0.2, 0.25) is 0 Å². The van der Waals surface area contributed by atoms with Crippen molar-refractivity contribution >= 4 is 11.8 Å². The van der Waals surface area contributed by atoms with Crippen LogP contribution in [0.4, 0.5) is 8.78 Å². The van der Waals surface area contributed by atoms with Crippen LogP contribution < -0.4 is 15.8 Å². The second-order valence-electron chi connectivity index (χ2n) is 5.14. The van der Waals surface area contributed by atoms with E-state index in [1.165, 1.54) is 7.11 Å². The molecule has 0 aromatic heterocycles. The highest BCUT2D eigenvalue weighted by atomic mass is 19.1. The number of primary amides is 1. The number of nitrogens with one attached hydrogen (secondary N) is 1. The molecule has 0 aliphatic heterocycles. The van der Waals surface area contributed by atoms with Gasteiger partial charge in [0, 0.05) is 18.1 Å². The lowest BCUT2D eigenvalue weighted by atomic mass is 10.0. The van der Waals surface area contributed by atoms with E-state index in [1.807, 2.05) is 0 Å². The molecule has 0 fully saturated rings. The number of carbonyl (C=O) groups is 2. The Hall–Kier alpha value is -2.96. The maximum atomic E-state index is 13.2. The highest BCUT2D eigenvalue weighted by Crippen LogP contribution is 2.14. The molecule has 0 aliphatic carbocycles. The summed E-state index contributed by atoms with van der Waals surface area (Å²) < 4.78 is 31.5. The maximum Gasteiger partial charge on any atom is 0.252 e. The third-order valence-electron chi connectivity index (χ3n) is 3.35. The Bertz CT molecular complexity index is 745. The summed E-state index contributed by atoms with van der Waals surface area (Å²) in [6.07, 6.45) is 0.121. The number of methoxy groups -OCH3 is 1. The zero-order chi connectivity index (χ0) is 17.7. The Morgan fingerprint density at radius 3 is 2.42 bits per heavy atom. The van der Waals surface area contributed by atoms with Gasteiger partial charge in [-0.25, -0.2) is 8.78 Å². The molecule has 2 rings (SSSR count). The minimum absolute atomic E-state index is 0.121. The van der Waals surface area contributed by atoms with E-state index in [0.717, 1.165) is 12.1 Å². The number of nitrogens with two attached hydrogens (primary N) is 1. The van der Waals surface area contributed by atoms with Crippen LogP contribution in [-0.4, -0.2) is 25.0 Å². The lowest BCUT2D eigenvalue weighted by Crippen LogP contribution is -2.45. The first kappa shape index (κ1) is 17.4. The van der Waals surface area contributed by atoms with Crippen LogP contribution in [0.15, 0.2) is 42.5 Å². The molecule has 0 saturated carbocycles. The summed E-state index contributed by atoms with van der Waals surface area (Å²) in [5.41, 5.74) is 5.79. The highest BCUT2D eigenvalue weighted by Gasteiger charge is 2.20. The van der Waals surface area contributed by atoms with Crippen LogP contribution in [0.3, 0.4) is 0 Å². The van der Waals surface area contributed by atoms with E-state index < -0.39 is 29.5 Å². The fraction of sp³-hybridized carbons (Fsp3) is 0.176. The minimum Gasteiger partial charge on any atom is -0.497 e. The number of hydrogen-bond donors (Lipinski definition) is 2. The van der Waals surface area contributed by atoms with E-state index in [4.69, 9.17) is 10.5 Å². The first-order valence-corrected chi connectivity index (χ1v) is 7.08. The van der Waals surface area contributed by atoms with E-state index >= 15 is 0 Å². The molecule has 7 heteroatoms. The quantitative estimate of drug-likeness (QED) is 0.845. The van der Waals surface area contributed by atoms with Crippen LogP contribution in [0.5, 0.6) is 5.75 Å². The summed E-state index contributed by atoms with van der Waals surface area (Å²) >= 11 is 0. The SMILES string of the molecule is COc1cccc(C[C@H](NC(=O)c2cc(F)cc(F)c2)C(N)=O)c1. The van der Waals surface area contributed by atoms with Crippen molar-refractivity contribution in [2.45, 2.75) is 12.5 Å². The molecule has 1 atom stereocenters. The molecule has 0 saturated heterocycles. The van der Waals surface area contributed by atoms with Crippen molar-refractivity contribution in [1.29, 1.82) is 0 Å². The Balaban J connectivity index is 2.15. The van der Waals surface area contributed by atoms with Gasteiger partial charge in [-0.2, -0.15) is 0 Å². The van der Waals surface area contributed by atoms with Crippen LogP contribution >= 0.6 is 0 Å². The lowest BCUT2D eigenvalue weighted by Gasteiger charge is -2.16. The second kappa shape index (κ2) is 7.54. The minimum atomic E-state index is -1.03. The van der Waals surface area contributed by atoms with Gasteiger partial charge >= 0.3 is 0 Å². The van der Waals surface area contributed by atoms with Crippen molar-refractivity contribution in [1.82, 2.24) is 5.32 Å². The van der Waals surface area contributed by atoms with Crippen molar-refractivity contribution in [2.24, 2.45) is 5.73 Å². The van der Waals surface area contributed by atoms with E-state index in [0.29, 0.717) is 17.4 Å². The van der Waals surface area contributed by atoms with E-state index in [2.05, 4.69) is 5.32 Å². The van der Waals surface area contributed by atoms with Gasteiger partial charge in [-0.1, -0.05) is 12.1 Å². The Morgan fingerprint density at radius 1 is 1.17 bits per heavy atom. The van der Waals surface area contributed by atoms with E-state index in [-0.39, 0.29) is 12.0 Å². The Morgan fingerprint density at radius 2 is 1.83 bits per heavy atom. The van der Waals surface area contributed by atoms with Gasteiger partial charge in [0.2, 0.25) is 5.91 Å². The van der Waals surface area contributed by atoms with Crippen LogP contribution in [-0.2, 0) is 11.2 Å². The van der Waals surface area contributed by atoms with Gasteiger partial charge in [0.15, 0.2) is 0 Å². The van der Waals surface area contributed by atoms with E-state index in [1.54, 1.807) is 24.3 Å². The van der Waals surface area contributed by atoms with Crippen molar-refractivity contribution < 1.29 is 23.1 Å². The molecule has 0 radical (unpaired) electrons. The summed E-state index contributed by atoms with van der Waals surface area (Å²) in [6.45, 7) is 0. The first-order chi connectivity index (χ1) is 11.4. The van der Waals surface area contributed by atoms with Crippen LogP contribution in [0.25, 0.3) is 0 Å². The Kier molecular flexibility index (Phi) is 5.47. The van der Waals surface area contributed by atoms with Crippen LogP contribution in [0.1, 0.15) is 15.9 Å². The molecule has 0 bridgehead atoms. The smallest absolute Gasteiger partial charge is 0.252 e. The zero-order valence-electron chi connectivity index (χ0n) is 12.9. The molecule has 0 aliphatic rings. The molecule has 2 aromatic carbocycles. The number of ether oxygens (including phenoxy) is 1. The number of rotatable bonds is 6. The second-order valence-corrected chi connectivity index (χ2v) is 5.14. The number of benzene rings is 2. The van der Waals surface area contributed by atoms with Gasteiger partial charge in [0.1, 0.15) is 23.4 Å². The number of carbonyl (C=O) groups excluding carboxylic acids is 2. The molecular formula is C17H16F2N2O3. The molecular weight excluding hydrogens is 318 g/mol. The Labute approximate surface area is 137 Å². The van der Waals surface area contributed by atoms with Gasteiger partial charge in [0.25, 0.3) is 5.91 Å². The molecule has 3 N–H and O–H groups in total. The highest BCUT2D eigenvalue weighted by molar-refractivity contribution is 5.97. The van der Waals surface area contributed by atoms with Gasteiger partial charge < -0.3 is 15.8 Å². The summed E-state index contributed by atoms with van der Waals surface area (Å²) in [7, 11) is 1.50. The van der Waals surface area contributed by atoms with Crippen molar-refractivity contribution in [3.8, 4) is 5.75 Å². The maximum absolute atomic E-state index is 13.2. The summed E-state index contributed by atoms with van der Waals surface area (Å²) in [6, 6.07) is 8.28. The predicted octanol–water partition coefficient (Wildman–Crippen LogP) is 1.80. The van der Waals surface area contributed by atoms with Gasteiger partial charge in [-0.15, -0.1) is 0 Å². The largest absolute Gasteiger partial charge is 0.497 e. The number of halogens is 2.